The number of hydrogen-bond donors (Lipinski definition) is 2. The first-order valence-corrected chi connectivity index (χ1v) is 9.39. The fraction of sp³-hybridized carbons (Fsp3) is 0.533. The molecule has 23 heavy (non-hydrogen) atoms. The zero-order valence-corrected chi connectivity index (χ0v) is 14.9. The fourth-order valence-electron chi connectivity index (χ4n) is 2.13. The van der Waals surface area contributed by atoms with E-state index in [2.05, 4.69) is 4.72 Å². The second-order valence-electron chi connectivity index (χ2n) is 5.14. The van der Waals surface area contributed by atoms with Crippen molar-refractivity contribution in [1.29, 1.82) is 0 Å². The number of amides is 1. The van der Waals surface area contributed by atoms with Crippen molar-refractivity contribution in [3.05, 3.63) is 29.3 Å². The van der Waals surface area contributed by atoms with Gasteiger partial charge in [-0.1, -0.05) is 25.4 Å². The molecular formula is C15H23ClN2O4S. The first-order valence-electron chi connectivity index (χ1n) is 7.53. The van der Waals surface area contributed by atoms with Crippen LogP contribution in [0.3, 0.4) is 0 Å². The smallest absolute Gasteiger partial charge is 0.243 e. The first kappa shape index (κ1) is 19.9. The quantitative estimate of drug-likeness (QED) is 0.699. The highest BCUT2D eigenvalue weighted by molar-refractivity contribution is 7.89. The molecule has 2 N–H and O–H groups in total. The molecule has 1 atom stereocenters. The molecule has 1 aromatic rings. The van der Waals surface area contributed by atoms with Gasteiger partial charge in [-0.15, -0.1) is 0 Å². The molecule has 0 aromatic heterocycles. The van der Waals surface area contributed by atoms with E-state index in [0.717, 1.165) is 12.8 Å². The maximum Gasteiger partial charge on any atom is 0.243 e. The molecule has 6 nitrogen and oxygen atoms in total. The summed E-state index contributed by atoms with van der Waals surface area (Å²) in [5, 5.41) is 9.85. The van der Waals surface area contributed by atoms with E-state index in [1.165, 1.54) is 24.3 Å². The van der Waals surface area contributed by atoms with E-state index >= 15 is 0 Å². The molecule has 0 bridgehead atoms. The normalized spacial score (nSPS) is 12.9. The summed E-state index contributed by atoms with van der Waals surface area (Å²) < 4.78 is 26.9. The van der Waals surface area contributed by atoms with Crippen LogP contribution in [0.25, 0.3) is 0 Å². The summed E-state index contributed by atoms with van der Waals surface area (Å²) in [4.78, 5) is 14.0. The molecule has 1 amide bonds. The van der Waals surface area contributed by atoms with Gasteiger partial charge in [-0.05, 0) is 37.1 Å². The third-order valence-electron chi connectivity index (χ3n) is 3.20. The number of nitrogens with one attached hydrogen (secondary N) is 1. The third-order valence-corrected chi connectivity index (χ3v) is 4.94. The molecule has 0 aliphatic carbocycles. The average Bonchev–Trinajstić information content (AvgIpc) is 2.52. The van der Waals surface area contributed by atoms with E-state index in [-0.39, 0.29) is 4.90 Å². The minimum atomic E-state index is -3.91. The second kappa shape index (κ2) is 9.22. The average molecular weight is 363 g/mol. The summed E-state index contributed by atoms with van der Waals surface area (Å²) in [5.41, 5.74) is 0. The number of carbonyl (C=O) groups is 1. The maximum absolute atomic E-state index is 12.4. The van der Waals surface area contributed by atoms with Crippen molar-refractivity contribution in [1.82, 2.24) is 9.62 Å². The Hall–Kier alpha value is -1.15. The summed E-state index contributed by atoms with van der Waals surface area (Å²) in [5.74, 6) is -0.422. The van der Waals surface area contributed by atoms with E-state index in [4.69, 9.17) is 11.6 Å². The molecule has 0 spiro atoms. The van der Waals surface area contributed by atoms with Crippen LogP contribution in [-0.4, -0.2) is 50.1 Å². The van der Waals surface area contributed by atoms with Crippen LogP contribution in [0.1, 0.15) is 26.7 Å². The van der Waals surface area contributed by atoms with Gasteiger partial charge in [0.15, 0.2) is 0 Å². The van der Waals surface area contributed by atoms with Crippen LogP contribution in [0.4, 0.5) is 0 Å². The third kappa shape index (κ3) is 5.76. The minimum absolute atomic E-state index is 0.00863. The maximum atomic E-state index is 12.4. The highest BCUT2D eigenvalue weighted by Gasteiger charge is 2.28. The number of benzene rings is 1. The standard InChI is InChI=1S/C15H23ClN2O4S/c1-3-9-18(10-4-2)15(20)14(11-19)17-23(21,22)13-7-5-12(16)6-8-13/h5-8,14,17,19H,3-4,9-11H2,1-2H3. The van der Waals surface area contributed by atoms with Crippen molar-refractivity contribution in [2.75, 3.05) is 19.7 Å². The van der Waals surface area contributed by atoms with E-state index in [9.17, 15) is 18.3 Å². The molecule has 0 radical (unpaired) electrons. The van der Waals surface area contributed by atoms with Crippen LogP contribution in [0, 0.1) is 0 Å². The largest absolute Gasteiger partial charge is 0.394 e. The molecule has 0 aliphatic rings. The number of nitrogens with zero attached hydrogens (tertiary/aromatic N) is 1. The van der Waals surface area contributed by atoms with Crippen LogP contribution in [0.2, 0.25) is 5.02 Å². The van der Waals surface area contributed by atoms with Gasteiger partial charge in [0.1, 0.15) is 6.04 Å². The lowest BCUT2D eigenvalue weighted by molar-refractivity contribution is -0.134. The van der Waals surface area contributed by atoms with Gasteiger partial charge in [0.05, 0.1) is 11.5 Å². The highest BCUT2D eigenvalue weighted by Crippen LogP contribution is 2.14. The predicted octanol–water partition coefficient (Wildman–Crippen LogP) is 1.63. The van der Waals surface area contributed by atoms with Crippen LogP contribution >= 0.6 is 11.6 Å². The predicted molar refractivity (Wildman–Crippen MR) is 89.8 cm³/mol. The zero-order chi connectivity index (χ0) is 17.5. The highest BCUT2D eigenvalue weighted by atomic mass is 35.5. The number of aliphatic hydroxyl groups is 1. The van der Waals surface area contributed by atoms with Gasteiger partial charge in [-0.3, -0.25) is 4.79 Å². The van der Waals surface area contributed by atoms with Gasteiger partial charge in [-0.25, -0.2) is 8.42 Å². The van der Waals surface area contributed by atoms with Crippen molar-refractivity contribution < 1.29 is 18.3 Å². The molecule has 0 saturated heterocycles. The molecule has 8 heteroatoms. The van der Waals surface area contributed by atoms with Crippen molar-refractivity contribution in [3.63, 3.8) is 0 Å². The van der Waals surface area contributed by atoms with Gasteiger partial charge < -0.3 is 10.0 Å². The zero-order valence-electron chi connectivity index (χ0n) is 13.3. The van der Waals surface area contributed by atoms with Gasteiger partial charge in [0.25, 0.3) is 0 Å². The Morgan fingerprint density at radius 2 is 1.74 bits per heavy atom. The Morgan fingerprint density at radius 1 is 1.22 bits per heavy atom. The number of aliphatic hydroxyl groups excluding tert-OH is 1. The van der Waals surface area contributed by atoms with Crippen molar-refractivity contribution in [2.45, 2.75) is 37.6 Å². The van der Waals surface area contributed by atoms with E-state index in [1.807, 2.05) is 13.8 Å². The van der Waals surface area contributed by atoms with Crippen LogP contribution in [0.15, 0.2) is 29.2 Å². The lowest BCUT2D eigenvalue weighted by Gasteiger charge is -2.26. The summed E-state index contributed by atoms with van der Waals surface area (Å²) in [6.07, 6.45) is 1.52. The Morgan fingerprint density at radius 3 is 2.17 bits per heavy atom. The number of halogens is 1. The van der Waals surface area contributed by atoms with Gasteiger partial charge in [0.2, 0.25) is 15.9 Å². The first-order chi connectivity index (χ1) is 10.9. The van der Waals surface area contributed by atoms with Crippen molar-refractivity contribution >= 4 is 27.5 Å². The molecule has 1 aromatic carbocycles. The number of hydrogen-bond acceptors (Lipinski definition) is 4. The lowest BCUT2D eigenvalue weighted by Crippen LogP contribution is -2.50. The molecular weight excluding hydrogens is 340 g/mol. The molecule has 130 valence electrons. The summed E-state index contributed by atoms with van der Waals surface area (Å²) in [6.45, 7) is 4.30. The Labute approximate surface area is 142 Å². The van der Waals surface area contributed by atoms with Gasteiger partial charge in [-0.2, -0.15) is 4.72 Å². The van der Waals surface area contributed by atoms with Crippen LogP contribution < -0.4 is 4.72 Å². The summed E-state index contributed by atoms with van der Waals surface area (Å²) in [7, 11) is -3.91. The van der Waals surface area contributed by atoms with Crippen molar-refractivity contribution in [2.24, 2.45) is 0 Å². The number of carbonyl (C=O) groups excluding carboxylic acids is 1. The number of rotatable bonds is 9. The minimum Gasteiger partial charge on any atom is -0.394 e. The second-order valence-corrected chi connectivity index (χ2v) is 7.29. The van der Waals surface area contributed by atoms with Gasteiger partial charge in [0, 0.05) is 18.1 Å². The Kier molecular flexibility index (Phi) is 7.98. The fourth-order valence-corrected chi connectivity index (χ4v) is 3.43. The molecule has 1 unspecified atom stereocenters. The van der Waals surface area contributed by atoms with Crippen molar-refractivity contribution in [3.8, 4) is 0 Å². The van der Waals surface area contributed by atoms with E-state index < -0.39 is 28.6 Å². The Bertz CT molecular complexity index is 598. The molecule has 0 fully saturated rings. The summed E-state index contributed by atoms with van der Waals surface area (Å²) in [6, 6.07) is 4.39. The monoisotopic (exact) mass is 362 g/mol. The lowest BCUT2D eigenvalue weighted by atomic mass is 10.2. The molecule has 0 heterocycles. The van der Waals surface area contributed by atoms with E-state index in [1.54, 1.807) is 4.90 Å². The molecule has 0 aliphatic heterocycles. The van der Waals surface area contributed by atoms with Crippen LogP contribution in [0.5, 0.6) is 0 Å². The van der Waals surface area contributed by atoms with Gasteiger partial charge >= 0.3 is 0 Å². The molecule has 0 saturated carbocycles. The molecule has 1 rings (SSSR count). The SMILES string of the molecule is CCCN(CCC)C(=O)C(CO)NS(=O)(=O)c1ccc(Cl)cc1. The summed E-state index contributed by atoms with van der Waals surface area (Å²) >= 11 is 5.74. The number of sulfonamides is 1. The Balaban J connectivity index is 2.92. The van der Waals surface area contributed by atoms with Crippen LogP contribution in [-0.2, 0) is 14.8 Å². The van der Waals surface area contributed by atoms with E-state index in [0.29, 0.717) is 18.1 Å². The topological polar surface area (TPSA) is 86.7 Å².